The van der Waals surface area contributed by atoms with E-state index < -0.39 is 18.1 Å². The van der Waals surface area contributed by atoms with Crippen LogP contribution in [0.5, 0.6) is 17.2 Å². The highest BCUT2D eigenvalue weighted by Gasteiger charge is 2.30. The predicted octanol–water partition coefficient (Wildman–Crippen LogP) is 2.44. The third-order valence-electron chi connectivity index (χ3n) is 2.95. The Morgan fingerprint density at radius 1 is 1.27 bits per heavy atom. The van der Waals surface area contributed by atoms with Crippen molar-refractivity contribution in [1.82, 2.24) is 9.97 Å². The van der Waals surface area contributed by atoms with Crippen molar-refractivity contribution in [3.8, 4) is 17.2 Å². The van der Waals surface area contributed by atoms with E-state index in [0.717, 1.165) is 6.07 Å². The highest BCUT2D eigenvalue weighted by molar-refractivity contribution is 5.67. The molecule has 0 fully saturated rings. The van der Waals surface area contributed by atoms with Crippen molar-refractivity contribution in [1.29, 1.82) is 0 Å². The lowest BCUT2D eigenvalue weighted by Gasteiger charge is -2.10. The molecular weight excluding hydrogens is 298 g/mol. The Kier molecular flexibility index (Phi) is 3.32. The summed E-state index contributed by atoms with van der Waals surface area (Å²) in [6.07, 6.45) is 0. The van der Waals surface area contributed by atoms with Crippen LogP contribution >= 0.6 is 0 Å². The number of alkyl halides is 1. The van der Waals surface area contributed by atoms with Gasteiger partial charge in [-0.2, -0.15) is 9.37 Å². The molecule has 1 atom stereocenters. The number of fused-ring (bicyclic) bond motifs is 1. The number of rotatable bonds is 3. The second-order valence-corrected chi connectivity index (χ2v) is 4.52. The van der Waals surface area contributed by atoms with Crippen molar-refractivity contribution >= 4 is 17.5 Å². The van der Waals surface area contributed by atoms with E-state index in [1.165, 1.54) is 0 Å². The maximum absolute atomic E-state index is 14.1. The van der Waals surface area contributed by atoms with Gasteiger partial charge < -0.3 is 25.2 Å². The zero-order valence-electron chi connectivity index (χ0n) is 11.6. The van der Waals surface area contributed by atoms with Gasteiger partial charge >= 0.3 is 6.54 Å². The number of phenols is 1. The van der Waals surface area contributed by atoms with Crippen LogP contribution in [0.25, 0.3) is 0 Å². The highest BCUT2D eigenvalue weighted by atomic mass is 19.2. The van der Waals surface area contributed by atoms with E-state index in [1.54, 1.807) is 20.0 Å². The molecule has 1 aliphatic rings. The number of nitrogens with one attached hydrogen (secondary N) is 2. The van der Waals surface area contributed by atoms with Gasteiger partial charge in [0, 0.05) is 24.9 Å². The minimum atomic E-state index is -2.08. The van der Waals surface area contributed by atoms with E-state index in [2.05, 4.69) is 30.1 Å². The lowest BCUT2D eigenvalue weighted by molar-refractivity contribution is -0.0659. The number of anilines is 3. The minimum absolute atomic E-state index is 0.110. The molecule has 1 aliphatic heterocycles. The molecule has 2 aromatic rings. The fourth-order valence-electron chi connectivity index (χ4n) is 1.99. The molecule has 9 heteroatoms. The lowest BCUT2D eigenvalue weighted by Crippen LogP contribution is -2.09. The van der Waals surface area contributed by atoms with Crippen molar-refractivity contribution in [3.63, 3.8) is 0 Å². The van der Waals surface area contributed by atoms with Gasteiger partial charge in [0.15, 0.2) is 11.6 Å². The summed E-state index contributed by atoms with van der Waals surface area (Å²) in [7, 11) is 1.68. The van der Waals surface area contributed by atoms with E-state index in [9.17, 15) is 13.9 Å². The first kappa shape index (κ1) is 14.1. The average Bonchev–Trinajstić information content (AvgIpc) is 2.84. The quantitative estimate of drug-likeness (QED) is 0.802. The average molecular weight is 310 g/mol. The molecular formula is C13H12F2N4O3. The molecule has 0 aliphatic carbocycles. The van der Waals surface area contributed by atoms with Gasteiger partial charge in [0.05, 0.1) is 5.69 Å². The monoisotopic (exact) mass is 310 g/mol. The maximum atomic E-state index is 14.1. The molecule has 0 saturated heterocycles. The van der Waals surface area contributed by atoms with Crippen LogP contribution in [0.2, 0.25) is 0 Å². The Labute approximate surface area is 123 Å². The van der Waals surface area contributed by atoms with E-state index in [1.807, 2.05) is 0 Å². The number of nitrogens with zero attached hydrogens (tertiary/aromatic N) is 2. The second-order valence-electron chi connectivity index (χ2n) is 4.52. The molecule has 1 aromatic carbocycles. The van der Waals surface area contributed by atoms with Gasteiger partial charge in [0.2, 0.25) is 17.4 Å². The molecule has 7 nitrogen and oxygen atoms in total. The van der Waals surface area contributed by atoms with Crippen LogP contribution in [-0.4, -0.2) is 28.7 Å². The molecule has 0 bridgehead atoms. The Morgan fingerprint density at radius 2 is 2.05 bits per heavy atom. The second kappa shape index (κ2) is 5.17. The lowest BCUT2D eigenvalue weighted by atomic mass is 10.2. The number of aryl methyl sites for hydroxylation is 1. The van der Waals surface area contributed by atoms with Crippen molar-refractivity contribution in [2.75, 3.05) is 17.7 Å². The zero-order chi connectivity index (χ0) is 15.9. The number of hydrogen-bond acceptors (Lipinski definition) is 7. The van der Waals surface area contributed by atoms with Crippen LogP contribution in [0.3, 0.4) is 0 Å². The summed E-state index contributed by atoms with van der Waals surface area (Å²) in [5, 5.41) is 15.2. The molecule has 0 spiro atoms. The van der Waals surface area contributed by atoms with Crippen LogP contribution < -0.4 is 20.1 Å². The summed E-state index contributed by atoms with van der Waals surface area (Å²) in [6.45, 7) is -0.337. The van der Waals surface area contributed by atoms with E-state index in [-0.39, 0.29) is 23.1 Å². The van der Waals surface area contributed by atoms with E-state index >= 15 is 0 Å². The van der Waals surface area contributed by atoms with Crippen LogP contribution in [-0.2, 0) is 0 Å². The summed E-state index contributed by atoms with van der Waals surface area (Å²) in [5.41, 5.74) is 0.484. The minimum Gasteiger partial charge on any atom is -0.502 e. The largest absolute Gasteiger partial charge is 0.502 e. The number of halogens is 2. The molecule has 22 heavy (non-hydrogen) atoms. The van der Waals surface area contributed by atoms with Crippen molar-refractivity contribution in [2.24, 2.45) is 0 Å². The van der Waals surface area contributed by atoms with Crippen LogP contribution in [0.15, 0.2) is 12.1 Å². The zero-order valence-corrected chi connectivity index (χ0v) is 11.6. The summed E-state index contributed by atoms with van der Waals surface area (Å²) in [6, 6.07) is 2.86. The Balaban J connectivity index is 1.98. The fourth-order valence-corrected chi connectivity index (χ4v) is 1.99. The first-order valence-electron chi connectivity index (χ1n) is 6.31. The number of hydrogen-bond donors (Lipinski definition) is 3. The molecule has 1 aromatic heterocycles. The number of benzene rings is 1. The predicted molar refractivity (Wildman–Crippen MR) is 73.8 cm³/mol. The fraction of sp³-hybridized carbons (Fsp3) is 0.231. The van der Waals surface area contributed by atoms with Gasteiger partial charge in [-0.15, -0.1) is 0 Å². The van der Waals surface area contributed by atoms with Gasteiger partial charge in [-0.05, 0) is 6.92 Å². The molecule has 0 amide bonds. The van der Waals surface area contributed by atoms with Gasteiger partial charge in [-0.3, -0.25) is 0 Å². The molecule has 1 unspecified atom stereocenters. The number of aromatic nitrogens is 2. The van der Waals surface area contributed by atoms with Crippen LogP contribution in [0.4, 0.5) is 26.2 Å². The normalized spacial score (nSPS) is 15.7. The van der Waals surface area contributed by atoms with Crippen LogP contribution in [0, 0.1) is 12.7 Å². The van der Waals surface area contributed by atoms with Gasteiger partial charge in [-0.25, -0.2) is 9.37 Å². The van der Waals surface area contributed by atoms with Gasteiger partial charge in [0.1, 0.15) is 5.82 Å². The maximum Gasteiger partial charge on any atom is 0.397 e. The Morgan fingerprint density at radius 3 is 2.77 bits per heavy atom. The van der Waals surface area contributed by atoms with E-state index in [0.29, 0.717) is 11.5 Å². The standard InChI is InChI=1S/C13H12F2N4O3/c1-5-3-8(16-2)19-13(17-5)18-6-4-7-11(10(20)9(6)14)22-12(15)21-7/h3-4,12,20H,1-2H3,(H2,16,17,18,19). The molecule has 3 N–H and O–H groups in total. The first-order valence-corrected chi connectivity index (χ1v) is 6.31. The molecule has 3 rings (SSSR count). The SMILES string of the molecule is CNc1cc(C)nc(Nc2cc3c(c(O)c2F)OC(F)O3)n1. The third kappa shape index (κ3) is 2.41. The van der Waals surface area contributed by atoms with Gasteiger partial charge in [0.25, 0.3) is 0 Å². The smallest absolute Gasteiger partial charge is 0.397 e. The number of aromatic hydroxyl groups is 1. The van der Waals surface area contributed by atoms with Gasteiger partial charge in [-0.1, -0.05) is 0 Å². The summed E-state index contributed by atoms with van der Waals surface area (Å²) in [4.78, 5) is 8.20. The molecule has 0 saturated carbocycles. The van der Waals surface area contributed by atoms with E-state index in [4.69, 9.17) is 0 Å². The summed E-state index contributed by atoms with van der Waals surface area (Å²) < 4.78 is 36.3. The number of phenolic OH excluding ortho intramolecular Hbond substituents is 1. The Bertz CT molecular complexity index is 742. The third-order valence-corrected chi connectivity index (χ3v) is 2.95. The van der Waals surface area contributed by atoms with Crippen LogP contribution in [0.1, 0.15) is 5.69 Å². The summed E-state index contributed by atoms with van der Waals surface area (Å²) >= 11 is 0. The number of ether oxygens (including phenoxy) is 2. The molecule has 0 radical (unpaired) electrons. The van der Waals surface area contributed by atoms with Crippen molar-refractivity contribution < 1.29 is 23.4 Å². The summed E-state index contributed by atoms with van der Waals surface area (Å²) in [5.74, 6) is -1.72. The first-order chi connectivity index (χ1) is 10.5. The highest BCUT2D eigenvalue weighted by Crippen LogP contribution is 2.47. The molecule has 2 heterocycles. The van der Waals surface area contributed by atoms with Crippen molar-refractivity contribution in [2.45, 2.75) is 13.5 Å². The Hall–Kier alpha value is -2.84. The molecule has 116 valence electrons. The van der Waals surface area contributed by atoms with Crippen molar-refractivity contribution in [3.05, 3.63) is 23.6 Å². The topological polar surface area (TPSA) is 88.5 Å².